The maximum absolute atomic E-state index is 11.9. The van der Waals surface area contributed by atoms with E-state index in [9.17, 15) is 9.59 Å². The molecule has 1 N–H and O–H groups in total. The molecule has 0 spiro atoms. The van der Waals surface area contributed by atoms with Crippen molar-refractivity contribution < 1.29 is 14.3 Å². The molecule has 0 aliphatic carbocycles. The number of hydrogen-bond donors (Lipinski definition) is 1. The second kappa shape index (κ2) is 6.15. The van der Waals surface area contributed by atoms with Crippen LogP contribution < -0.4 is 5.32 Å². The lowest BCUT2D eigenvalue weighted by Crippen LogP contribution is -2.47. The quantitative estimate of drug-likeness (QED) is 0.860. The predicted octanol–water partition coefficient (Wildman–Crippen LogP) is 1.60. The van der Waals surface area contributed by atoms with E-state index in [1.165, 1.54) is 23.5 Å². The van der Waals surface area contributed by atoms with Crippen molar-refractivity contribution in [3.8, 4) is 5.82 Å². The number of nitrogens with one attached hydrogen (secondary N) is 1. The third-order valence-electron chi connectivity index (χ3n) is 3.00. The van der Waals surface area contributed by atoms with E-state index in [2.05, 4.69) is 20.4 Å². The number of pyridine rings is 1. The van der Waals surface area contributed by atoms with Crippen molar-refractivity contribution in [2.75, 3.05) is 0 Å². The molecule has 1 unspecified atom stereocenters. The van der Waals surface area contributed by atoms with E-state index >= 15 is 0 Å². The molecule has 0 aromatic carbocycles. The molecule has 1 amide bonds. The molecular weight excluding hydrogens is 298 g/mol. The Kier molecular flexibility index (Phi) is 4.44. The summed E-state index contributed by atoms with van der Waals surface area (Å²) in [7, 11) is 0. The van der Waals surface area contributed by atoms with Gasteiger partial charge in [-0.15, -0.1) is 0 Å². The van der Waals surface area contributed by atoms with Crippen molar-refractivity contribution in [3.63, 3.8) is 0 Å². The lowest BCUT2D eigenvalue weighted by molar-refractivity contribution is -0.113. The van der Waals surface area contributed by atoms with Gasteiger partial charge in [0.2, 0.25) is 0 Å². The third kappa shape index (κ3) is 4.12. The molecule has 0 saturated heterocycles. The minimum Gasteiger partial charge on any atom is -0.444 e. The number of alkyl carbamates (subject to hydrolysis) is 1. The van der Waals surface area contributed by atoms with Crippen molar-refractivity contribution in [1.82, 2.24) is 25.1 Å². The summed E-state index contributed by atoms with van der Waals surface area (Å²) in [5.41, 5.74) is -1.36. The van der Waals surface area contributed by atoms with Crippen LogP contribution in [0.15, 0.2) is 31.0 Å². The van der Waals surface area contributed by atoms with Crippen molar-refractivity contribution in [3.05, 3.63) is 36.5 Å². The molecule has 0 fully saturated rings. The molecule has 0 aliphatic heterocycles. The van der Waals surface area contributed by atoms with Gasteiger partial charge >= 0.3 is 6.09 Å². The van der Waals surface area contributed by atoms with Crippen molar-refractivity contribution >= 4 is 12.4 Å². The first-order valence-corrected chi connectivity index (χ1v) is 7.02. The van der Waals surface area contributed by atoms with Gasteiger partial charge in [-0.1, -0.05) is 6.07 Å². The van der Waals surface area contributed by atoms with Crippen LogP contribution in [-0.2, 0) is 15.1 Å². The maximum Gasteiger partial charge on any atom is 0.408 e. The largest absolute Gasteiger partial charge is 0.444 e. The predicted molar refractivity (Wildman–Crippen MR) is 81.9 cm³/mol. The minimum atomic E-state index is -1.24. The van der Waals surface area contributed by atoms with Crippen LogP contribution in [0.1, 0.15) is 33.3 Å². The van der Waals surface area contributed by atoms with Crippen LogP contribution in [0, 0.1) is 0 Å². The highest BCUT2D eigenvalue weighted by Gasteiger charge is 2.31. The Morgan fingerprint density at radius 1 is 1.30 bits per heavy atom. The average molecular weight is 317 g/mol. The van der Waals surface area contributed by atoms with Crippen LogP contribution in [-0.4, -0.2) is 37.7 Å². The zero-order valence-electron chi connectivity index (χ0n) is 13.5. The summed E-state index contributed by atoms with van der Waals surface area (Å²) in [6.45, 7) is 6.83. The summed E-state index contributed by atoms with van der Waals surface area (Å²) < 4.78 is 6.68. The van der Waals surface area contributed by atoms with Crippen molar-refractivity contribution in [1.29, 1.82) is 0 Å². The van der Waals surface area contributed by atoms with Gasteiger partial charge in [0, 0.05) is 11.8 Å². The lowest BCUT2D eigenvalue weighted by atomic mass is 9.95. The fraction of sp³-hybridized carbons (Fsp3) is 0.400. The zero-order chi connectivity index (χ0) is 17.1. The van der Waals surface area contributed by atoms with Crippen LogP contribution in [0.25, 0.3) is 5.82 Å². The summed E-state index contributed by atoms with van der Waals surface area (Å²) in [6, 6.07) is 3.37. The number of ether oxygens (including phenoxy) is 1. The van der Waals surface area contributed by atoms with Gasteiger partial charge in [-0.05, 0) is 33.8 Å². The minimum absolute atomic E-state index is 0.530. The molecule has 0 aliphatic rings. The van der Waals surface area contributed by atoms with E-state index in [4.69, 9.17) is 4.74 Å². The SMILES string of the molecule is CC(C)(C)OC(=O)NC(C)(C=O)c1ccc(-n2cncn2)nc1. The van der Waals surface area contributed by atoms with Crippen LogP contribution in [0.3, 0.4) is 0 Å². The monoisotopic (exact) mass is 317 g/mol. The molecule has 2 aromatic rings. The van der Waals surface area contributed by atoms with E-state index in [1.54, 1.807) is 39.8 Å². The van der Waals surface area contributed by atoms with Gasteiger partial charge in [-0.25, -0.2) is 19.4 Å². The summed E-state index contributed by atoms with van der Waals surface area (Å²) in [5.74, 6) is 0.553. The van der Waals surface area contributed by atoms with Crippen molar-refractivity contribution in [2.24, 2.45) is 0 Å². The van der Waals surface area contributed by atoms with E-state index in [0.29, 0.717) is 17.7 Å². The van der Waals surface area contributed by atoms with Gasteiger partial charge in [0.05, 0.1) is 0 Å². The van der Waals surface area contributed by atoms with Gasteiger partial charge in [0.1, 0.15) is 30.1 Å². The summed E-state index contributed by atoms with van der Waals surface area (Å²) in [5, 5.41) is 6.54. The van der Waals surface area contributed by atoms with E-state index in [1.807, 2.05) is 0 Å². The number of rotatable bonds is 4. The molecule has 2 aromatic heterocycles. The van der Waals surface area contributed by atoms with Gasteiger partial charge < -0.3 is 14.8 Å². The fourth-order valence-corrected chi connectivity index (χ4v) is 1.84. The van der Waals surface area contributed by atoms with Gasteiger partial charge in [0.15, 0.2) is 5.82 Å². The van der Waals surface area contributed by atoms with Gasteiger partial charge in [-0.2, -0.15) is 5.10 Å². The number of amides is 1. The maximum atomic E-state index is 11.9. The highest BCUT2D eigenvalue weighted by Crippen LogP contribution is 2.19. The first-order chi connectivity index (χ1) is 10.7. The Balaban J connectivity index is 2.19. The average Bonchev–Trinajstić information content (AvgIpc) is 2.99. The highest BCUT2D eigenvalue weighted by atomic mass is 16.6. The molecule has 2 rings (SSSR count). The Labute approximate surface area is 133 Å². The molecule has 122 valence electrons. The second-order valence-electron chi connectivity index (χ2n) is 6.19. The number of aromatic nitrogens is 4. The zero-order valence-corrected chi connectivity index (χ0v) is 13.5. The molecule has 2 heterocycles. The molecule has 8 nitrogen and oxygen atoms in total. The third-order valence-corrected chi connectivity index (χ3v) is 3.00. The molecule has 0 bridgehead atoms. The molecule has 1 atom stereocenters. The highest BCUT2D eigenvalue weighted by molar-refractivity contribution is 5.77. The second-order valence-corrected chi connectivity index (χ2v) is 6.19. The molecule has 8 heteroatoms. The normalized spacial score (nSPS) is 13.9. The van der Waals surface area contributed by atoms with E-state index in [0.717, 1.165) is 0 Å². The number of nitrogens with zero attached hydrogens (tertiary/aromatic N) is 4. The fourth-order valence-electron chi connectivity index (χ4n) is 1.84. The molecular formula is C15H19N5O3. The Bertz CT molecular complexity index is 676. The first-order valence-electron chi connectivity index (χ1n) is 7.02. The van der Waals surface area contributed by atoms with Crippen LogP contribution in [0.2, 0.25) is 0 Å². The topological polar surface area (TPSA) is 99.0 Å². The standard InChI is InChI=1S/C15H19N5O3/c1-14(2,3)23-13(22)19-15(4,8-21)11-5-6-12(17-7-11)20-10-16-9-18-20/h5-10H,1-4H3,(H,19,22). The van der Waals surface area contributed by atoms with Crippen LogP contribution in [0.4, 0.5) is 4.79 Å². The number of carbonyl (C=O) groups excluding carboxylic acids is 2. The van der Waals surface area contributed by atoms with Gasteiger partial charge in [0.25, 0.3) is 0 Å². The molecule has 0 radical (unpaired) electrons. The molecule has 0 saturated carbocycles. The van der Waals surface area contributed by atoms with E-state index in [-0.39, 0.29) is 0 Å². The van der Waals surface area contributed by atoms with Gasteiger partial charge in [-0.3, -0.25) is 0 Å². The number of aldehydes is 1. The lowest BCUT2D eigenvalue weighted by Gasteiger charge is -2.27. The summed E-state index contributed by atoms with van der Waals surface area (Å²) in [6.07, 6.45) is 4.38. The Morgan fingerprint density at radius 2 is 2.04 bits per heavy atom. The first kappa shape index (κ1) is 16.6. The smallest absolute Gasteiger partial charge is 0.408 e. The summed E-state index contributed by atoms with van der Waals surface area (Å²) >= 11 is 0. The summed E-state index contributed by atoms with van der Waals surface area (Å²) in [4.78, 5) is 31.5. The Morgan fingerprint density at radius 3 is 2.52 bits per heavy atom. The van der Waals surface area contributed by atoms with E-state index < -0.39 is 17.2 Å². The van der Waals surface area contributed by atoms with Crippen molar-refractivity contribution in [2.45, 2.75) is 38.8 Å². The number of hydrogen-bond acceptors (Lipinski definition) is 6. The van der Waals surface area contributed by atoms with Crippen LogP contribution >= 0.6 is 0 Å². The Hall–Kier alpha value is -2.77. The van der Waals surface area contributed by atoms with Crippen LogP contribution in [0.5, 0.6) is 0 Å². The molecule has 23 heavy (non-hydrogen) atoms. The number of carbonyl (C=O) groups is 2.